The number of hydrogen-bond donors (Lipinski definition) is 1. The molecule has 4 heteroatoms. The van der Waals surface area contributed by atoms with Crippen LogP contribution in [0.25, 0.3) is 0 Å². The highest BCUT2D eigenvalue weighted by Gasteiger charge is 2.06. The van der Waals surface area contributed by atoms with Crippen LogP contribution in [0.2, 0.25) is 0 Å². The van der Waals surface area contributed by atoms with E-state index in [0.29, 0.717) is 0 Å². The minimum atomic E-state index is 0.216. The Kier molecular flexibility index (Phi) is 4.35. The number of aromatic amines is 1. The van der Waals surface area contributed by atoms with Gasteiger partial charge in [0.1, 0.15) is 0 Å². The second-order valence-corrected chi connectivity index (χ2v) is 3.70. The van der Waals surface area contributed by atoms with Crippen molar-refractivity contribution in [1.82, 2.24) is 9.55 Å². The molecule has 0 spiro atoms. The first-order valence-corrected chi connectivity index (χ1v) is 5.48. The lowest BCUT2D eigenvalue weighted by Gasteiger charge is -2.14. The molecule has 1 N–H and O–H groups in total. The number of ether oxygens (including phenoxy) is 1. The summed E-state index contributed by atoms with van der Waals surface area (Å²) in [6.07, 6.45) is 3.18. The quantitative estimate of drug-likeness (QED) is 0.763. The van der Waals surface area contributed by atoms with Crippen LogP contribution in [0.15, 0.2) is 6.20 Å². The van der Waals surface area contributed by atoms with Gasteiger partial charge in [0.05, 0.1) is 12.6 Å². The van der Waals surface area contributed by atoms with Crippen LogP contribution in [0, 0.1) is 4.77 Å². The van der Waals surface area contributed by atoms with E-state index in [1.807, 2.05) is 13.1 Å². The third kappa shape index (κ3) is 2.69. The molecule has 1 atom stereocenters. The van der Waals surface area contributed by atoms with Crippen LogP contribution < -0.4 is 0 Å². The lowest BCUT2D eigenvalue weighted by Crippen LogP contribution is -2.18. The predicted molar refractivity (Wildman–Crippen MR) is 60.1 cm³/mol. The molecule has 0 radical (unpaired) electrons. The van der Waals surface area contributed by atoms with Crippen LogP contribution in [-0.4, -0.2) is 22.3 Å². The molecule has 0 aliphatic rings. The van der Waals surface area contributed by atoms with Crippen LogP contribution in [0.5, 0.6) is 0 Å². The van der Waals surface area contributed by atoms with Crippen LogP contribution in [0.1, 0.15) is 26.5 Å². The highest BCUT2D eigenvalue weighted by molar-refractivity contribution is 7.71. The molecule has 1 rings (SSSR count). The van der Waals surface area contributed by atoms with E-state index in [9.17, 15) is 0 Å². The Hall–Kier alpha value is -0.610. The fourth-order valence-corrected chi connectivity index (χ4v) is 1.77. The van der Waals surface area contributed by atoms with Crippen molar-refractivity contribution in [2.75, 3.05) is 6.61 Å². The Morgan fingerprint density at radius 3 is 2.86 bits per heavy atom. The number of aromatic nitrogens is 2. The summed E-state index contributed by atoms with van der Waals surface area (Å²) in [5.74, 6) is 0. The molecule has 3 nitrogen and oxygen atoms in total. The van der Waals surface area contributed by atoms with Gasteiger partial charge in [0.2, 0.25) is 0 Å². The molecule has 14 heavy (non-hydrogen) atoms. The molecule has 1 heterocycles. The van der Waals surface area contributed by atoms with Crippen LogP contribution in [0.3, 0.4) is 0 Å². The van der Waals surface area contributed by atoms with Crippen molar-refractivity contribution >= 4 is 12.2 Å². The van der Waals surface area contributed by atoms with Crippen molar-refractivity contribution in [3.63, 3.8) is 0 Å². The minimum absolute atomic E-state index is 0.216. The SMILES string of the molecule is CCOC(C)Cn1c(CC)c[nH]c1=S. The molecule has 80 valence electrons. The zero-order valence-corrected chi connectivity index (χ0v) is 9.86. The van der Waals surface area contributed by atoms with Crippen molar-refractivity contribution in [2.24, 2.45) is 0 Å². The van der Waals surface area contributed by atoms with E-state index in [0.717, 1.165) is 24.3 Å². The number of rotatable bonds is 5. The van der Waals surface area contributed by atoms with Crippen molar-refractivity contribution in [3.8, 4) is 0 Å². The molecule has 0 amide bonds. The topological polar surface area (TPSA) is 29.9 Å². The molecule has 0 saturated heterocycles. The summed E-state index contributed by atoms with van der Waals surface area (Å²) in [4.78, 5) is 3.06. The van der Waals surface area contributed by atoms with Gasteiger partial charge in [-0.1, -0.05) is 6.92 Å². The van der Waals surface area contributed by atoms with E-state index >= 15 is 0 Å². The molecular weight excluding hydrogens is 196 g/mol. The normalized spacial score (nSPS) is 13.1. The highest BCUT2D eigenvalue weighted by atomic mass is 32.1. The maximum absolute atomic E-state index is 5.49. The number of hydrogen-bond acceptors (Lipinski definition) is 2. The average Bonchev–Trinajstić information content (AvgIpc) is 2.48. The Balaban J connectivity index is 2.74. The van der Waals surface area contributed by atoms with E-state index in [-0.39, 0.29) is 6.10 Å². The largest absolute Gasteiger partial charge is 0.377 e. The lowest BCUT2D eigenvalue weighted by molar-refractivity contribution is 0.0632. The molecule has 0 aliphatic heterocycles. The fraction of sp³-hybridized carbons (Fsp3) is 0.700. The summed E-state index contributed by atoms with van der Waals surface area (Å²) in [6, 6.07) is 0. The van der Waals surface area contributed by atoms with Gasteiger partial charge in [-0.25, -0.2) is 0 Å². The van der Waals surface area contributed by atoms with Gasteiger partial charge in [-0.2, -0.15) is 0 Å². The Morgan fingerprint density at radius 2 is 2.29 bits per heavy atom. The molecule has 0 fully saturated rings. The van der Waals surface area contributed by atoms with E-state index in [1.54, 1.807) is 0 Å². The molecule has 0 saturated carbocycles. The predicted octanol–water partition coefficient (Wildman–Crippen LogP) is 2.53. The van der Waals surface area contributed by atoms with Crippen molar-refractivity contribution < 1.29 is 4.74 Å². The Morgan fingerprint density at radius 1 is 1.57 bits per heavy atom. The zero-order chi connectivity index (χ0) is 10.6. The maximum Gasteiger partial charge on any atom is 0.177 e. The summed E-state index contributed by atoms with van der Waals surface area (Å²) in [6.45, 7) is 7.78. The van der Waals surface area contributed by atoms with Gasteiger partial charge in [0, 0.05) is 18.5 Å². The first-order valence-electron chi connectivity index (χ1n) is 5.07. The van der Waals surface area contributed by atoms with Gasteiger partial charge in [-0.15, -0.1) is 0 Å². The van der Waals surface area contributed by atoms with Gasteiger partial charge in [-0.3, -0.25) is 0 Å². The van der Waals surface area contributed by atoms with Crippen molar-refractivity contribution in [1.29, 1.82) is 0 Å². The van der Waals surface area contributed by atoms with Gasteiger partial charge in [-0.05, 0) is 32.5 Å². The number of nitrogens with zero attached hydrogens (tertiary/aromatic N) is 1. The van der Waals surface area contributed by atoms with Gasteiger partial charge in [0.15, 0.2) is 4.77 Å². The average molecular weight is 214 g/mol. The van der Waals surface area contributed by atoms with E-state index in [1.165, 1.54) is 5.69 Å². The molecule has 1 aromatic heterocycles. The van der Waals surface area contributed by atoms with Gasteiger partial charge in [0.25, 0.3) is 0 Å². The monoisotopic (exact) mass is 214 g/mol. The smallest absolute Gasteiger partial charge is 0.177 e. The summed E-state index contributed by atoms with van der Waals surface area (Å²) < 4.78 is 8.38. The van der Waals surface area contributed by atoms with E-state index in [4.69, 9.17) is 17.0 Å². The summed E-state index contributed by atoms with van der Waals surface area (Å²) >= 11 is 5.19. The molecular formula is C10H18N2OS. The second-order valence-electron chi connectivity index (χ2n) is 3.32. The van der Waals surface area contributed by atoms with Gasteiger partial charge >= 0.3 is 0 Å². The third-order valence-electron chi connectivity index (χ3n) is 2.21. The summed E-state index contributed by atoms with van der Waals surface area (Å²) in [5, 5.41) is 0. The molecule has 0 bridgehead atoms. The second kappa shape index (κ2) is 5.32. The van der Waals surface area contributed by atoms with Crippen molar-refractivity contribution in [2.45, 2.75) is 39.8 Å². The number of H-pyrrole nitrogens is 1. The maximum atomic E-state index is 5.49. The van der Waals surface area contributed by atoms with Crippen molar-refractivity contribution in [3.05, 3.63) is 16.7 Å². The molecule has 0 aromatic carbocycles. The lowest BCUT2D eigenvalue weighted by atomic mass is 10.3. The molecule has 1 aromatic rings. The number of imidazole rings is 1. The zero-order valence-electron chi connectivity index (χ0n) is 9.04. The summed E-state index contributed by atoms with van der Waals surface area (Å²) in [5.41, 5.74) is 1.24. The molecule has 0 aliphatic carbocycles. The fourth-order valence-electron chi connectivity index (χ4n) is 1.52. The minimum Gasteiger partial charge on any atom is -0.377 e. The van der Waals surface area contributed by atoms with Crippen LogP contribution >= 0.6 is 12.2 Å². The highest BCUT2D eigenvalue weighted by Crippen LogP contribution is 2.05. The number of nitrogens with one attached hydrogen (secondary N) is 1. The van der Waals surface area contributed by atoms with E-state index in [2.05, 4.69) is 23.4 Å². The van der Waals surface area contributed by atoms with Crippen LogP contribution in [0.4, 0.5) is 0 Å². The first-order chi connectivity index (χ1) is 6.69. The summed E-state index contributed by atoms with van der Waals surface area (Å²) in [7, 11) is 0. The number of aryl methyl sites for hydroxylation is 1. The van der Waals surface area contributed by atoms with Gasteiger partial charge < -0.3 is 14.3 Å². The Labute approximate surface area is 90.1 Å². The molecule has 1 unspecified atom stereocenters. The Bertz CT molecular complexity index is 329. The van der Waals surface area contributed by atoms with Crippen LogP contribution in [-0.2, 0) is 17.7 Å². The first kappa shape index (κ1) is 11.5. The van der Waals surface area contributed by atoms with E-state index < -0.39 is 0 Å². The third-order valence-corrected chi connectivity index (χ3v) is 2.55. The standard InChI is InChI=1S/C10H18N2OS/c1-4-9-6-11-10(14)12(9)7-8(3)13-5-2/h6,8H,4-5,7H2,1-3H3,(H,11,14).